The third-order valence-electron chi connectivity index (χ3n) is 3.41. The molecule has 5 aromatic rings. The molecule has 5 rings (SSSR count). The second kappa shape index (κ2) is 4.04. The van der Waals surface area contributed by atoms with Gasteiger partial charge in [-0.05, 0) is 24.3 Å². The molecular weight excluding hydrogens is 280 g/mol. The van der Waals surface area contributed by atoms with Gasteiger partial charge in [0.05, 0.1) is 6.33 Å². The normalized spacial score (nSPS) is 11.6. The van der Waals surface area contributed by atoms with Crippen LogP contribution < -0.4 is 0 Å². The minimum Gasteiger partial charge on any atom is -0.328 e. The lowest BCUT2D eigenvalue weighted by molar-refractivity contribution is 1.22. The van der Waals surface area contributed by atoms with Crippen molar-refractivity contribution < 1.29 is 0 Å². The van der Waals surface area contributed by atoms with E-state index in [2.05, 4.69) is 39.9 Å². The minimum atomic E-state index is 0.512. The number of aromatic nitrogens is 8. The third kappa shape index (κ3) is 1.57. The minimum absolute atomic E-state index is 0.512. The Morgan fingerprint density at radius 1 is 0.773 bits per heavy atom. The van der Waals surface area contributed by atoms with Crippen LogP contribution >= 0.6 is 0 Å². The van der Waals surface area contributed by atoms with Crippen LogP contribution in [0.15, 0.2) is 36.8 Å². The first-order valence-corrected chi connectivity index (χ1v) is 6.66. The molecule has 0 bridgehead atoms. The van der Waals surface area contributed by atoms with Crippen LogP contribution in [0.5, 0.6) is 0 Å². The summed E-state index contributed by atoms with van der Waals surface area (Å²) in [6.07, 6.45) is 3.27. The Morgan fingerprint density at radius 3 is 2.77 bits per heavy atom. The maximum absolute atomic E-state index is 4.51. The highest BCUT2D eigenvalue weighted by Crippen LogP contribution is 2.20. The van der Waals surface area contributed by atoms with E-state index in [1.165, 1.54) is 0 Å². The standard InChI is InChI=1S/C14H8N8/c1-2-7-3-4-8(18-9(7)15-5-1)10-19-13-14(20-10)22-12-11(21-13)16-6-17-12/h1-6H,(H2,16,17,19,20,21,22). The zero-order valence-electron chi connectivity index (χ0n) is 11.1. The molecule has 8 nitrogen and oxygen atoms in total. The second-order valence-corrected chi connectivity index (χ2v) is 4.80. The zero-order valence-corrected chi connectivity index (χ0v) is 11.1. The molecule has 0 unspecified atom stereocenters. The first-order valence-electron chi connectivity index (χ1n) is 6.66. The van der Waals surface area contributed by atoms with Gasteiger partial charge in [0, 0.05) is 11.6 Å². The summed E-state index contributed by atoms with van der Waals surface area (Å²) in [6.45, 7) is 0. The number of nitrogens with one attached hydrogen (secondary N) is 2. The van der Waals surface area contributed by atoms with Crippen LogP contribution in [-0.2, 0) is 0 Å². The summed E-state index contributed by atoms with van der Waals surface area (Å²) in [5.41, 5.74) is 3.64. The molecule has 0 fully saturated rings. The molecular formula is C14H8N8. The van der Waals surface area contributed by atoms with E-state index >= 15 is 0 Å². The van der Waals surface area contributed by atoms with Crippen LogP contribution in [0.25, 0.3) is 45.1 Å². The number of fused-ring (bicyclic) bond motifs is 3. The highest BCUT2D eigenvalue weighted by molar-refractivity contribution is 5.81. The third-order valence-corrected chi connectivity index (χ3v) is 3.41. The maximum atomic E-state index is 4.51. The molecule has 0 aliphatic rings. The van der Waals surface area contributed by atoms with Crippen LogP contribution in [0.2, 0.25) is 0 Å². The summed E-state index contributed by atoms with van der Waals surface area (Å²) in [7, 11) is 0. The number of hydrogen-bond acceptors (Lipinski definition) is 6. The van der Waals surface area contributed by atoms with E-state index in [9.17, 15) is 0 Å². The Kier molecular flexibility index (Phi) is 2.07. The first kappa shape index (κ1) is 11.3. The van der Waals surface area contributed by atoms with E-state index in [0.717, 1.165) is 5.39 Å². The van der Waals surface area contributed by atoms with Crippen molar-refractivity contribution in [3.63, 3.8) is 0 Å². The molecule has 0 aliphatic carbocycles. The summed E-state index contributed by atoms with van der Waals surface area (Å²) < 4.78 is 0. The molecule has 8 heteroatoms. The molecule has 0 aromatic carbocycles. The fourth-order valence-electron chi connectivity index (χ4n) is 2.37. The van der Waals surface area contributed by atoms with Gasteiger partial charge in [-0.1, -0.05) is 0 Å². The highest BCUT2D eigenvalue weighted by atomic mass is 15.1. The number of H-pyrrole nitrogens is 2. The lowest BCUT2D eigenvalue weighted by Gasteiger charge is -1.98. The Labute approximate surface area is 122 Å². The molecule has 0 radical (unpaired) electrons. The average Bonchev–Trinajstić information content (AvgIpc) is 3.17. The monoisotopic (exact) mass is 288 g/mol. The van der Waals surface area contributed by atoms with E-state index in [0.29, 0.717) is 39.8 Å². The number of nitrogens with zero attached hydrogens (tertiary/aromatic N) is 6. The van der Waals surface area contributed by atoms with Crippen LogP contribution in [0, 0.1) is 0 Å². The average molecular weight is 288 g/mol. The van der Waals surface area contributed by atoms with Crippen LogP contribution in [0.3, 0.4) is 0 Å². The van der Waals surface area contributed by atoms with Crippen molar-refractivity contribution in [1.82, 2.24) is 39.9 Å². The highest BCUT2D eigenvalue weighted by Gasteiger charge is 2.11. The Bertz CT molecular complexity index is 1090. The number of rotatable bonds is 1. The van der Waals surface area contributed by atoms with Gasteiger partial charge in [0.25, 0.3) is 0 Å². The van der Waals surface area contributed by atoms with Crippen LogP contribution in [0.4, 0.5) is 0 Å². The van der Waals surface area contributed by atoms with Crippen molar-refractivity contribution in [3.8, 4) is 11.5 Å². The molecule has 0 saturated heterocycles. The van der Waals surface area contributed by atoms with E-state index in [1.54, 1.807) is 12.5 Å². The molecule has 5 aromatic heterocycles. The van der Waals surface area contributed by atoms with Gasteiger partial charge < -0.3 is 9.97 Å². The topological polar surface area (TPSA) is 109 Å². The number of pyridine rings is 2. The Hall–Kier alpha value is -3.42. The quantitative estimate of drug-likeness (QED) is 0.487. The van der Waals surface area contributed by atoms with Crippen molar-refractivity contribution in [2.24, 2.45) is 0 Å². The molecule has 5 heterocycles. The Balaban J connectivity index is 1.73. The van der Waals surface area contributed by atoms with E-state index in [4.69, 9.17) is 0 Å². The van der Waals surface area contributed by atoms with Gasteiger partial charge in [0.2, 0.25) is 0 Å². The van der Waals surface area contributed by atoms with Gasteiger partial charge in [0.15, 0.2) is 34.1 Å². The summed E-state index contributed by atoms with van der Waals surface area (Å²) in [6, 6.07) is 7.71. The number of aromatic amines is 2. The van der Waals surface area contributed by atoms with Crippen molar-refractivity contribution in [2.45, 2.75) is 0 Å². The fraction of sp³-hybridized carbons (Fsp3) is 0. The molecule has 0 aliphatic heterocycles. The molecule has 0 amide bonds. The maximum Gasteiger partial charge on any atom is 0.200 e. The van der Waals surface area contributed by atoms with E-state index in [-0.39, 0.29) is 0 Å². The van der Waals surface area contributed by atoms with Crippen molar-refractivity contribution in [2.75, 3.05) is 0 Å². The second-order valence-electron chi connectivity index (χ2n) is 4.80. The lowest BCUT2D eigenvalue weighted by Crippen LogP contribution is -1.88. The van der Waals surface area contributed by atoms with E-state index < -0.39 is 0 Å². The summed E-state index contributed by atoms with van der Waals surface area (Å²) >= 11 is 0. The fourth-order valence-corrected chi connectivity index (χ4v) is 2.37. The molecule has 2 N–H and O–H groups in total. The van der Waals surface area contributed by atoms with Gasteiger partial charge in [-0.3, -0.25) is 0 Å². The smallest absolute Gasteiger partial charge is 0.200 e. The summed E-state index contributed by atoms with van der Waals surface area (Å²) in [5.74, 6) is 0.607. The molecule has 104 valence electrons. The molecule has 0 saturated carbocycles. The largest absolute Gasteiger partial charge is 0.328 e. The van der Waals surface area contributed by atoms with Crippen molar-refractivity contribution in [1.29, 1.82) is 0 Å². The number of hydrogen-bond donors (Lipinski definition) is 2. The van der Waals surface area contributed by atoms with Crippen LogP contribution in [-0.4, -0.2) is 39.9 Å². The molecule has 0 spiro atoms. The molecule has 0 atom stereocenters. The van der Waals surface area contributed by atoms with Gasteiger partial charge >= 0.3 is 0 Å². The lowest BCUT2D eigenvalue weighted by atomic mass is 10.2. The SMILES string of the molecule is c1cnc2nc(-c3nc4nc5nc[nH]c5nc4[nH]3)ccc2c1. The summed E-state index contributed by atoms with van der Waals surface area (Å²) in [5, 5.41) is 0.983. The first-order chi connectivity index (χ1) is 10.9. The Morgan fingerprint density at radius 2 is 1.77 bits per heavy atom. The predicted octanol–water partition coefficient (Wildman–Crippen LogP) is 1.84. The van der Waals surface area contributed by atoms with Gasteiger partial charge in [0.1, 0.15) is 5.69 Å². The summed E-state index contributed by atoms with van der Waals surface area (Å²) in [4.78, 5) is 32.1. The number of imidazole rings is 2. The van der Waals surface area contributed by atoms with Gasteiger partial charge in [-0.2, -0.15) is 0 Å². The molecule has 22 heavy (non-hydrogen) atoms. The predicted molar refractivity (Wildman–Crippen MR) is 79.9 cm³/mol. The van der Waals surface area contributed by atoms with Crippen molar-refractivity contribution in [3.05, 3.63) is 36.8 Å². The van der Waals surface area contributed by atoms with E-state index in [1.807, 2.05) is 24.3 Å². The van der Waals surface area contributed by atoms with Gasteiger partial charge in [-0.15, -0.1) is 0 Å². The van der Waals surface area contributed by atoms with Gasteiger partial charge in [-0.25, -0.2) is 29.9 Å². The van der Waals surface area contributed by atoms with Crippen molar-refractivity contribution >= 4 is 33.6 Å². The van der Waals surface area contributed by atoms with Crippen LogP contribution in [0.1, 0.15) is 0 Å². The zero-order chi connectivity index (χ0) is 14.5.